The molecule has 3 nitrogen and oxygen atoms in total. The van der Waals surface area contributed by atoms with Gasteiger partial charge >= 0.3 is 6.18 Å². The minimum atomic E-state index is -4.30. The number of hydrogen-bond donors (Lipinski definition) is 1. The summed E-state index contributed by atoms with van der Waals surface area (Å²) in [6.45, 7) is 2.42. The molecule has 0 aromatic heterocycles. The van der Waals surface area contributed by atoms with Crippen LogP contribution in [0, 0.1) is 5.92 Å². The number of aryl methyl sites for hydroxylation is 2. The number of hydrogen-bond acceptors (Lipinski definition) is 2. The van der Waals surface area contributed by atoms with Crippen LogP contribution in [0.3, 0.4) is 0 Å². The first kappa shape index (κ1) is 20.0. The molecule has 0 unspecified atom stereocenters. The molecule has 2 fully saturated rings. The van der Waals surface area contributed by atoms with Gasteiger partial charge in [0.15, 0.2) is 0 Å². The normalized spacial score (nSPS) is 17.8. The number of halogens is 3. The molecule has 29 heavy (non-hydrogen) atoms. The van der Waals surface area contributed by atoms with E-state index in [1.54, 1.807) is 6.07 Å². The van der Waals surface area contributed by atoms with Gasteiger partial charge in [-0.1, -0.05) is 42.5 Å². The molecule has 6 heteroatoms. The highest BCUT2D eigenvalue weighted by atomic mass is 19.4. The van der Waals surface area contributed by atoms with Gasteiger partial charge in [0.1, 0.15) is 0 Å². The molecule has 0 atom stereocenters. The topological polar surface area (TPSA) is 32.3 Å². The van der Waals surface area contributed by atoms with Gasteiger partial charge in [0.25, 0.3) is 0 Å². The third-order valence-electron chi connectivity index (χ3n) is 5.64. The number of likely N-dealkylation sites (tertiary alicyclic amines) is 1. The summed E-state index contributed by atoms with van der Waals surface area (Å²) in [6.07, 6.45) is -0.793. The zero-order chi connectivity index (χ0) is 20.4. The minimum absolute atomic E-state index is 0.113. The summed E-state index contributed by atoms with van der Waals surface area (Å²) in [4.78, 5) is 14.2. The summed E-state index contributed by atoms with van der Waals surface area (Å²) >= 11 is 0. The number of amides is 1. The molecular weight excluding hydrogens is 377 g/mol. The van der Waals surface area contributed by atoms with Crippen LogP contribution in [0.1, 0.15) is 35.1 Å². The number of carbonyl (C=O) groups excluding carboxylic acids is 1. The smallest absolute Gasteiger partial charge is 0.353 e. The second-order valence-corrected chi connectivity index (χ2v) is 8.19. The van der Waals surface area contributed by atoms with E-state index in [1.807, 2.05) is 12.1 Å². The van der Waals surface area contributed by atoms with Crippen molar-refractivity contribution < 1.29 is 18.0 Å². The Balaban J connectivity index is 1.23. The lowest BCUT2D eigenvalue weighted by Gasteiger charge is -2.38. The molecule has 1 aliphatic heterocycles. The van der Waals surface area contributed by atoms with Crippen molar-refractivity contribution in [3.05, 3.63) is 70.8 Å². The highest BCUT2D eigenvalue weighted by molar-refractivity contribution is 5.80. The van der Waals surface area contributed by atoms with Crippen molar-refractivity contribution in [3.63, 3.8) is 0 Å². The van der Waals surface area contributed by atoms with Gasteiger partial charge in [-0.3, -0.25) is 9.69 Å². The third-order valence-corrected chi connectivity index (χ3v) is 5.64. The van der Waals surface area contributed by atoms with Crippen LogP contribution in [0.15, 0.2) is 48.5 Å². The first-order valence-electron chi connectivity index (χ1n) is 10.1. The molecule has 1 N–H and O–H groups in total. The number of carbonyl (C=O) groups is 1. The number of nitrogens with one attached hydrogen (secondary N) is 1. The van der Waals surface area contributed by atoms with Gasteiger partial charge in [-0.25, -0.2) is 0 Å². The van der Waals surface area contributed by atoms with Crippen molar-refractivity contribution >= 4 is 5.91 Å². The average molecular weight is 402 g/mol. The van der Waals surface area contributed by atoms with Gasteiger partial charge in [0.05, 0.1) is 11.5 Å². The fourth-order valence-corrected chi connectivity index (χ4v) is 3.67. The zero-order valence-electron chi connectivity index (χ0n) is 16.2. The Labute approximate surface area is 168 Å². The van der Waals surface area contributed by atoms with Crippen LogP contribution in [0.25, 0.3) is 0 Å². The predicted octanol–water partition coefficient (Wildman–Crippen LogP) is 4.20. The van der Waals surface area contributed by atoms with E-state index in [0.29, 0.717) is 24.4 Å². The lowest BCUT2D eigenvalue weighted by molar-refractivity contribution is -0.137. The van der Waals surface area contributed by atoms with E-state index in [1.165, 1.54) is 17.7 Å². The molecule has 4 rings (SSSR count). The standard InChI is InChI=1S/C23H25F3N2O/c24-23(25,26)20-3-1-2-17(12-20)7-4-16-5-8-18(9-6-16)13-28-14-19(15-28)22(29)27-21-10-11-21/h1-3,5-6,8-9,12,19,21H,4,7,10-11,13-15H2,(H,27,29). The second kappa shape index (κ2) is 8.19. The Kier molecular flexibility index (Phi) is 5.63. The van der Waals surface area contributed by atoms with E-state index in [0.717, 1.165) is 44.1 Å². The first-order chi connectivity index (χ1) is 13.9. The van der Waals surface area contributed by atoms with E-state index < -0.39 is 11.7 Å². The van der Waals surface area contributed by atoms with Crippen LogP contribution < -0.4 is 5.32 Å². The van der Waals surface area contributed by atoms with Gasteiger partial charge in [-0.15, -0.1) is 0 Å². The molecule has 1 aliphatic carbocycles. The van der Waals surface area contributed by atoms with E-state index in [-0.39, 0.29) is 11.8 Å². The summed E-state index contributed by atoms with van der Waals surface area (Å²) in [7, 11) is 0. The van der Waals surface area contributed by atoms with Crippen molar-refractivity contribution in [1.29, 1.82) is 0 Å². The van der Waals surface area contributed by atoms with Crippen molar-refractivity contribution in [3.8, 4) is 0 Å². The fourth-order valence-electron chi connectivity index (χ4n) is 3.67. The van der Waals surface area contributed by atoms with E-state index in [9.17, 15) is 18.0 Å². The predicted molar refractivity (Wildman–Crippen MR) is 105 cm³/mol. The quantitative estimate of drug-likeness (QED) is 0.753. The number of rotatable bonds is 7. The summed E-state index contributed by atoms with van der Waals surface area (Å²) < 4.78 is 38.4. The number of nitrogens with zero attached hydrogens (tertiary/aromatic N) is 1. The molecule has 0 radical (unpaired) electrons. The van der Waals surface area contributed by atoms with Crippen molar-refractivity contribution in [2.45, 2.75) is 44.4 Å². The maximum atomic E-state index is 12.8. The van der Waals surface area contributed by atoms with Gasteiger partial charge in [-0.05, 0) is 48.4 Å². The maximum absolute atomic E-state index is 12.8. The second-order valence-electron chi connectivity index (χ2n) is 8.19. The van der Waals surface area contributed by atoms with Crippen molar-refractivity contribution in [1.82, 2.24) is 10.2 Å². The fraction of sp³-hybridized carbons (Fsp3) is 0.435. The highest BCUT2D eigenvalue weighted by Crippen LogP contribution is 2.30. The lowest BCUT2D eigenvalue weighted by atomic mass is 9.97. The summed E-state index contributed by atoms with van der Waals surface area (Å²) in [6, 6.07) is 14.2. The highest BCUT2D eigenvalue weighted by Gasteiger charge is 2.35. The Morgan fingerprint density at radius 1 is 0.966 bits per heavy atom. The molecule has 1 heterocycles. The average Bonchev–Trinajstić information content (AvgIpc) is 3.47. The van der Waals surface area contributed by atoms with Crippen LogP contribution >= 0.6 is 0 Å². The van der Waals surface area contributed by atoms with Gasteiger partial charge < -0.3 is 5.32 Å². The van der Waals surface area contributed by atoms with Crippen molar-refractivity contribution in [2.75, 3.05) is 13.1 Å². The van der Waals surface area contributed by atoms with Gasteiger partial charge in [-0.2, -0.15) is 13.2 Å². The van der Waals surface area contributed by atoms with Crippen LogP contribution in [-0.2, 0) is 30.4 Å². The zero-order valence-corrected chi connectivity index (χ0v) is 16.2. The van der Waals surface area contributed by atoms with Crippen LogP contribution in [0.4, 0.5) is 13.2 Å². The van der Waals surface area contributed by atoms with E-state index in [4.69, 9.17) is 0 Å². The van der Waals surface area contributed by atoms with Crippen LogP contribution in [0.5, 0.6) is 0 Å². The molecule has 1 saturated carbocycles. The van der Waals surface area contributed by atoms with Gasteiger partial charge in [0.2, 0.25) is 5.91 Å². The Bertz CT molecular complexity index is 853. The largest absolute Gasteiger partial charge is 0.416 e. The molecule has 0 spiro atoms. The maximum Gasteiger partial charge on any atom is 0.416 e. The summed E-state index contributed by atoms with van der Waals surface area (Å²) in [5.74, 6) is 0.302. The molecule has 1 saturated heterocycles. The van der Waals surface area contributed by atoms with Crippen LogP contribution in [0.2, 0.25) is 0 Å². The third kappa shape index (κ3) is 5.38. The number of alkyl halides is 3. The van der Waals surface area contributed by atoms with E-state index in [2.05, 4.69) is 22.3 Å². The monoisotopic (exact) mass is 402 g/mol. The Hall–Kier alpha value is -2.34. The molecule has 2 aromatic rings. The first-order valence-corrected chi connectivity index (χ1v) is 10.1. The van der Waals surface area contributed by atoms with Gasteiger partial charge in [0, 0.05) is 25.7 Å². The minimum Gasteiger partial charge on any atom is -0.353 e. The number of benzene rings is 2. The molecule has 154 valence electrons. The van der Waals surface area contributed by atoms with Crippen LogP contribution in [-0.4, -0.2) is 29.9 Å². The molecular formula is C23H25F3N2O. The van der Waals surface area contributed by atoms with E-state index >= 15 is 0 Å². The lowest BCUT2D eigenvalue weighted by Crippen LogP contribution is -2.53. The van der Waals surface area contributed by atoms with Crippen molar-refractivity contribution in [2.24, 2.45) is 5.92 Å². The molecule has 2 aliphatic rings. The molecule has 0 bridgehead atoms. The SMILES string of the molecule is O=C(NC1CC1)C1CN(Cc2ccc(CCc3cccc(C(F)(F)F)c3)cc2)C1. The summed E-state index contributed by atoms with van der Waals surface area (Å²) in [5.41, 5.74) is 2.40. The molecule has 1 amide bonds. The Morgan fingerprint density at radius 3 is 2.28 bits per heavy atom. The Morgan fingerprint density at radius 2 is 1.62 bits per heavy atom. The summed E-state index contributed by atoms with van der Waals surface area (Å²) in [5, 5.41) is 3.06. The molecule has 2 aromatic carbocycles.